The second-order valence-electron chi connectivity index (χ2n) is 3.28. The third-order valence-electron chi connectivity index (χ3n) is 1.89. The Kier molecular flexibility index (Phi) is 8.38. The Morgan fingerprint density at radius 1 is 0.800 bits per heavy atom. The highest BCUT2D eigenvalue weighted by molar-refractivity contribution is 7.80. The Bertz CT molecular complexity index is 357. The highest BCUT2D eigenvalue weighted by atomic mass is 32.1. The zero-order chi connectivity index (χ0) is 15.7. The summed E-state index contributed by atoms with van der Waals surface area (Å²) in [4.78, 5) is 22.8. The van der Waals surface area contributed by atoms with E-state index in [1.54, 1.807) is 0 Å². The molecule has 0 spiro atoms. The first-order chi connectivity index (χ1) is 9.33. The number of hydrazine groups is 2. The van der Waals surface area contributed by atoms with E-state index in [1.807, 2.05) is 10.9 Å². The monoisotopic (exact) mass is 324 g/mol. The van der Waals surface area contributed by atoms with Crippen molar-refractivity contribution in [3.05, 3.63) is 0 Å². The van der Waals surface area contributed by atoms with Crippen LogP contribution in [0.25, 0.3) is 0 Å². The standard InChI is InChI=1S/C8H16N6O4S2/c1-9-7(19)13-11-5(17)3(15)4(16)6(18)12-14-8(20)10-2/h3-4,15-16H,1-2H3,(H,11,17)(H,12,18)(H2,9,13,19)(H2,10,14,20). The van der Waals surface area contributed by atoms with Crippen molar-refractivity contribution in [2.75, 3.05) is 14.1 Å². The normalized spacial score (nSPS) is 12.4. The van der Waals surface area contributed by atoms with Crippen molar-refractivity contribution in [1.82, 2.24) is 32.3 Å². The van der Waals surface area contributed by atoms with Gasteiger partial charge < -0.3 is 20.8 Å². The number of hydrogen-bond donors (Lipinski definition) is 8. The lowest BCUT2D eigenvalue weighted by Crippen LogP contribution is -2.57. The minimum atomic E-state index is -1.99. The summed E-state index contributed by atoms with van der Waals surface area (Å²) in [5, 5.41) is 24.1. The molecule has 2 amide bonds. The summed E-state index contributed by atoms with van der Waals surface area (Å²) >= 11 is 9.34. The summed E-state index contributed by atoms with van der Waals surface area (Å²) in [7, 11) is 3.02. The first-order valence-electron chi connectivity index (χ1n) is 5.24. The van der Waals surface area contributed by atoms with Crippen LogP contribution in [-0.4, -0.2) is 58.6 Å². The Morgan fingerprint density at radius 2 is 1.10 bits per heavy atom. The van der Waals surface area contributed by atoms with Crippen molar-refractivity contribution in [3.8, 4) is 0 Å². The molecule has 0 aliphatic heterocycles. The van der Waals surface area contributed by atoms with Crippen molar-refractivity contribution in [1.29, 1.82) is 0 Å². The Hall–Kier alpha value is -1.76. The van der Waals surface area contributed by atoms with E-state index in [-0.39, 0.29) is 10.2 Å². The topological polar surface area (TPSA) is 147 Å². The number of aliphatic hydroxyl groups is 2. The van der Waals surface area contributed by atoms with Crippen molar-refractivity contribution in [2.24, 2.45) is 0 Å². The minimum absolute atomic E-state index is 0.0885. The van der Waals surface area contributed by atoms with Crippen LogP contribution < -0.4 is 32.3 Å². The Morgan fingerprint density at radius 3 is 1.35 bits per heavy atom. The fraction of sp³-hybridized carbons (Fsp3) is 0.500. The third-order valence-corrected chi connectivity index (χ3v) is 2.50. The van der Waals surface area contributed by atoms with Gasteiger partial charge in [-0.3, -0.25) is 31.3 Å². The summed E-state index contributed by atoms with van der Waals surface area (Å²) < 4.78 is 0. The van der Waals surface area contributed by atoms with E-state index in [0.29, 0.717) is 0 Å². The summed E-state index contributed by atoms with van der Waals surface area (Å²) in [6.45, 7) is 0. The van der Waals surface area contributed by atoms with Crippen LogP contribution in [-0.2, 0) is 9.59 Å². The molecule has 10 nitrogen and oxygen atoms in total. The number of nitrogens with one attached hydrogen (secondary N) is 6. The second-order valence-corrected chi connectivity index (χ2v) is 4.09. The average molecular weight is 324 g/mol. The van der Waals surface area contributed by atoms with Gasteiger partial charge in [0.2, 0.25) is 0 Å². The summed E-state index contributed by atoms with van der Waals surface area (Å²) in [6, 6.07) is 0. The summed E-state index contributed by atoms with van der Waals surface area (Å²) in [5.41, 5.74) is 8.48. The molecule has 0 saturated heterocycles. The van der Waals surface area contributed by atoms with Gasteiger partial charge in [0, 0.05) is 14.1 Å². The molecule has 0 fully saturated rings. The van der Waals surface area contributed by atoms with E-state index < -0.39 is 24.0 Å². The number of carbonyl (C=O) groups is 2. The fourth-order valence-corrected chi connectivity index (χ4v) is 0.898. The van der Waals surface area contributed by atoms with E-state index in [4.69, 9.17) is 0 Å². The lowest BCUT2D eigenvalue weighted by Gasteiger charge is -2.18. The maximum atomic E-state index is 11.4. The molecule has 20 heavy (non-hydrogen) atoms. The van der Waals surface area contributed by atoms with Crippen LogP contribution in [0.15, 0.2) is 0 Å². The smallest absolute Gasteiger partial charge is 0.270 e. The maximum absolute atomic E-state index is 11.4. The second kappa shape index (κ2) is 9.19. The van der Waals surface area contributed by atoms with Gasteiger partial charge in [-0.05, 0) is 24.4 Å². The number of aliphatic hydroxyl groups excluding tert-OH is 2. The molecule has 8 N–H and O–H groups in total. The van der Waals surface area contributed by atoms with Crippen molar-refractivity contribution >= 4 is 46.5 Å². The zero-order valence-electron chi connectivity index (χ0n) is 10.7. The van der Waals surface area contributed by atoms with Gasteiger partial charge in [-0.1, -0.05) is 0 Å². The molecule has 0 saturated carbocycles. The fourth-order valence-electron chi connectivity index (χ4n) is 0.796. The van der Waals surface area contributed by atoms with Crippen molar-refractivity contribution < 1.29 is 19.8 Å². The molecule has 114 valence electrons. The van der Waals surface area contributed by atoms with Gasteiger partial charge in [0.05, 0.1) is 0 Å². The van der Waals surface area contributed by atoms with Crippen LogP contribution in [0.5, 0.6) is 0 Å². The molecule has 0 rings (SSSR count). The quantitative estimate of drug-likeness (QED) is 0.191. The molecule has 0 aliphatic rings. The average Bonchev–Trinajstić information content (AvgIpc) is 2.47. The SMILES string of the molecule is CNC(=S)NNC(=O)C(O)C(O)C(=O)NNC(=S)NC. The number of thiocarbonyl (C=S) groups is 2. The van der Waals surface area contributed by atoms with Gasteiger partial charge in [-0.15, -0.1) is 0 Å². The molecule has 0 aromatic carbocycles. The molecule has 0 aromatic heterocycles. The van der Waals surface area contributed by atoms with E-state index >= 15 is 0 Å². The van der Waals surface area contributed by atoms with Crippen molar-refractivity contribution in [3.63, 3.8) is 0 Å². The van der Waals surface area contributed by atoms with Gasteiger partial charge in [0.25, 0.3) is 11.8 Å². The lowest BCUT2D eigenvalue weighted by molar-refractivity contribution is -0.146. The summed E-state index contributed by atoms with van der Waals surface area (Å²) in [6.07, 6.45) is -3.99. The van der Waals surface area contributed by atoms with Gasteiger partial charge in [0.15, 0.2) is 22.4 Å². The summed E-state index contributed by atoms with van der Waals surface area (Å²) in [5.74, 6) is -2.08. The highest BCUT2D eigenvalue weighted by Crippen LogP contribution is 1.93. The molecule has 0 bridgehead atoms. The molecule has 0 aromatic rings. The van der Waals surface area contributed by atoms with Gasteiger partial charge in [0.1, 0.15) is 0 Å². The predicted molar refractivity (Wildman–Crippen MR) is 77.9 cm³/mol. The van der Waals surface area contributed by atoms with Gasteiger partial charge in [-0.25, -0.2) is 0 Å². The molecule has 0 radical (unpaired) electrons. The molecule has 0 aliphatic carbocycles. The largest absolute Gasteiger partial charge is 0.380 e. The Labute approximate surface area is 125 Å². The minimum Gasteiger partial charge on any atom is -0.380 e. The zero-order valence-corrected chi connectivity index (χ0v) is 12.3. The number of hydrogen-bond acceptors (Lipinski definition) is 6. The van der Waals surface area contributed by atoms with Crippen LogP contribution in [0.4, 0.5) is 0 Å². The molecule has 2 atom stereocenters. The number of amides is 2. The predicted octanol–water partition coefficient (Wildman–Crippen LogP) is -4.04. The van der Waals surface area contributed by atoms with Crippen LogP contribution in [0.3, 0.4) is 0 Å². The molecular formula is C8H16N6O4S2. The molecule has 2 unspecified atom stereocenters. The van der Waals surface area contributed by atoms with E-state index in [1.165, 1.54) is 14.1 Å². The van der Waals surface area contributed by atoms with Gasteiger partial charge in [-0.2, -0.15) is 0 Å². The molecular weight excluding hydrogens is 308 g/mol. The maximum Gasteiger partial charge on any atom is 0.270 e. The molecule has 0 heterocycles. The van der Waals surface area contributed by atoms with E-state index in [2.05, 4.69) is 45.9 Å². The lowest BCUT2D eigenvalue weighted by atomic mass is 10.2. The van der Waals surface area contributed by atoms with Crippen LogP contribution >= 0.6 is 24.4 Å². The van der Waals surface area contributed by atoms with Gasteiger partial charge >= 0.3 is 0 Å². The third kappa shape index (κ3) is 6.42. The number of rotatable bonds is 3. The van der Waals surface area contributed by atoms with Crippen LogP contribution in [0, 0.1) is 0 Å². The molecule has 12 heteroatoms. The van der Waals surface area contributed by atoms with Crippen LogP contribution in [0.2, 0.25) is 0 Å². The van der Waals surface area contributed by atoms with Crippen LogP contribution in [0.1, 0.15) is 0 Å². The Balaban J connectivity index is 4.27. The van der Waals surface area contributed by atoms with E-state index in [0.717, 1.165) is 0 Å². The van der Waals surface area contributed by atoms with Crippen molar-refractivity contribution in [2.45, 2.75) is 12.2 Å². The first-order valence-corrected chi connectivity index (χ1v) is 6.06. The highest BCUT2D eigenvalue weighted by Gasteiger charge is 2.30. The number of carbonyl (C=O) groups excluding carboxylic acids is 2. The van der Waals surface area contributed by atoms with E-state index in [9.17, 15) is 19.8 Å². The first kappa shape index (κ1) is 18.2.